The molecule has 0 atom stereocenters. The quantitative estimate of drug-likeness (QED) is 0.763. The Hall–Kier alpha value is -3.09. The van der Waals surface area contributed by atoms with E-state index in [1.54, 1.807) is 0 Å². The van der Waals surface area contributed by atoms with E-state index in [1.807, 2.05) is 31.2 Å². The van der Waals surface area contributed by atoms with E-state index in [0.717, 1.165) is 23.3 Å². The van der Waals surface area contributed by atoms with Gasteiger partial charge in [-0.15, -0.1) is 0 Å². The predicted molar refractivity (Wildman–Crippen MR) is 87.8 cm³/mol. The van der Waals surface area contributed by atoms with Gasteiger partial charge in [0.15, 0.2) is 0 Å². The van der Waals surface area contributed by atoms with Crippen LogP contribution in [0.4, 0.5) is 14.5 Å². The normalized spacial score (nSPS) is 10.7. The predicted octanol–water partition coefficient (Wildman–Crippen LogP) is 3.89. The first-order valence-electron chi connectivity index (χ1n) is 7.66. The van der Waals surface area contributed by atoms with Gasteiger partial charge < -0.3 is 9.84 Å². The fourth-order valence-electron chi connectivity index (χ4n) is 2.22. The second kappa shape index (κ2) is 7.21. The zero-order valence-electron chi connectivity index (χ0n) is 13.4. The van der Waals surface area contributed by atoms with Gasteiger partial charge in [0.05, 0.1) is 0 Å². The standard InChI is InChI=1S/C18H15F2N3O2/c1-11-5-7-12(8-6-11)18-22-16(25-23-18)10-9-15(24)21-17-13(19)3-2-4-14(17)20/h2-8H,9-10H2,1H3,(H,21,24). The van der Waals surface area contributed by atoms with Gasteiger partial charge in [-0.2, -0.15) is 4.98 Å². The summed E-state index contributed by atoms with van der Waals surface area (Å²) in [5, 5.41) is 6.08. The van der Waals surface area contributed by atoms with Crippen molar-refractivity contribution in [2.45, 2.75) is 19.8 Å². The molecule has 0 aliphatic heterocycles. The van der Waals surface area contributed by atoms with E-state index >= 15 is 0 Å². The number of para-hydroxylation sites is 1. The molecule has 0 aliphatic carbocycles. The SMILES string of the molecule is Cc1ccc(-c2noc(CCC(=O)Nc3c(F)cccc3F)n2)cc1. The highest BCUT2D eigenvalue weighted by Crippen LogP contribution is 2.19. The fraction of sp³-hybridized carbons (Fsp3) is 0.167. The minimum absolute atomic E-state index is 0.0384. The summed E-state index contributed by atoms with van der Waals surface area (Å²) in [4.78, 5) is 16.1. The maximum atomic E-state index is 13.5. The number of nitrogens with zero attached hydrogens (tertiary/aromatic N) is 2. The molecule has 25 heavy (non-hydrogen) atoms. The number of aromatic nitrogens is 2. The molecule has 0 fully saturated rings. The van der Waals surface area contributed by atoms with Crippen molar-refractivity contribution in [3.63, 3.8) is 0 Å². The van der Waals surface area contributed by atoms with Gasteiger partial charge in [0.1, 0.15) is 17.3 Å². The molecule has 1 N–H and O–H groups in total. The van der Waals surface area contributed by atoms with Crippen LogP contribution in [-0.2, 0) is 11.2 Å². The Kier molecular flexibility index (Phi) is 4.83. The minimum atomic E-state index is -0.826. The first kappa shape index (κ1) is 16.8. The number of anilines is 1. The molecule has 0 saturated heterocycles. The number of aryl methyl sites for hydroxylation is 2. The van der Waals surface area contributed by atoms with Crippen LogP contribution in [0.2, 0.25) is 0 Å². The second-order valence-corrected chi connectivity index (χ2v) is 5.52. The highest BCUT2D eigenvalue weighted by atomic mass is 19.1. The zero-order valence-corrected chi connectivity index (χ0v) is 13.4. The molecular weight excluding hydrogens is 328 g/mol. The number of rotatable bonds is 5. The van der Waals surface area contributed by atoms with E-state index in [4.69, 9.17) is 4.52 Å². The molecule has 5 nitrogen and oxygen atoms in total. The number of carbonyl (C=O) groups excluding carboxylic acids is 1. The molecule has 1 heterocycles. The third kappa shape index (κ3) is 4.06. The van der Waals surface area contributed by atoms with Crippen LogP contribution in [0.25, 0.3) is 11.4 Å². The molecule has 128 valence electrons. The fourth-order valence-corrected chi connectivity index (χ4v) is 2.22. The molecule has 7 heteroatoms. The Morgan fingerprint density at radius 1 is 1.12 bits per heavy atom. The molecule has 3 rings (SSSR count). The van der Waals surface area contributed by atoms with Crippen LogP contribution in [0.3, 0.4) is 0 Å². The van der Waals surface area contributed by atoms with E-state index in [9.17, 15) is 13.6 Å². The van der Waals surface area contributed by atoms with Crippen LogP contribution in [-0.4, -0.2) is 16.0 Å². The third-order valence-electron chi connectivity index (χ3n) is 3.57. The molecule has 3 aromatic rings. The van der Waals surface area contributed by atoms with Gasteiger partial charge in [-0.3, -0.25) is 4.79 Å². The molecule has 0 unspecified atom stereocenters. The Morgan fingerprint density at radius 3 is 2.48 bits per heavy atom. The Morgan fingerprint density at radius 2 is 1.80 bits per heavy atom. The number of benzene rings is 2. The lowest BCUT2D eigenvalue weighted by Gasteiger charge is -2.06. The summed E-state index contributed by atoms with van der Waals surface area (Å²) in [6.07, 6.45) is 0.129. The van der Waals surface area contributed by atoms with E-state index in [2.05, 4.69) is 15.5 Å². The molecule has 0 radical (unpaired) electrons. The average Bonchev–Trinajstić information content (AvgIpc) is 3.06. The van der Waals surface area contributed by atoms with Crippen molar-refractivity contribution >= 4 is 11.6 Å². The van der Waals surface area contributed by atoms with Crippen LogP contribution >= 0.6 is 0 Å². The van der Waals surface area contributed by atoms with Crippen molar-refractivity contribution in [3.8, 4) is 11.4 Å². The van der Waals surface area contributed by atoms with Crippen molar-refractivity contribution in [3.05, 3.63) is 65.6 Å². The molecule has 0 saturated carbocycles. The first-order valence-corrected chi connectivity index (χ1v) is 7.66. The molecule has 0 spiro atoms. The lowest BCUT2D eigenvalue weighted by atomic mass is 10.1. The molecule has 2 aromatic carbocycles. The summed E-state index contributed by atoms with van der Waals surface area (Å²) in [5.41, 5.74) is 1.46. The van der Waals surface area contributed by atoms with Crippen molar-refractivity contribution in [1.29, 1.82) is 0 Å². The summed E-state index contributed by atoms with van der Waals surface area (Å²) in [6.45, 7) is 1.97. The van der Waals surface area contributed by atoms with Crippen LogP contribution in [0.15, 0.2) is 47.0 Å². The molecule has 0 bridgehead atoms. The van der Waals surface area contributed by atoms with Crippen molar-refractivity contribution in [2.75, 3.05) is 5.32 Å². The summed E-state index contributed by atoms with van der Waals surface area (Å²) in [6, 6.07) is 11.0. The highest BCUT2D eigenvalue weighted by molar-refractivity contribution is 5.91. The molecule has 0 aliphatic rings. The average molecular weight is 343 g/mol. The Balaban J connectivity index is 1.60. The van der Waals surface area contributed by atoms with Gasteiger partial charge >= 0.3 is 0 Å². The van der Waals surface area contributed by atoms with Crippen molar-refractivity contribution in [2.24, 2.45) is 0 Å². The topological polar surface area (TPSA) is 68.0 Å². The summed E-state index contributed by atoms with van der Waals surface area (Å²) in [5.74, 6) is -1.49. The van der Waals surface area contributed by atoms with E-state index in [0.29, 0.717) is 5.82 Å². The Bertz CT molecular complexity index is 871. The third-order valence-corrected chi connectivity index (χ3v) is 3.57. The van der Waals surface area contributed by atoms with Crippen LogP contribution in [0, 0.1) is 18.6 Å². The number of hydrogen-bond acceptors (Lipinski definition) is 4. The molecule has 1 aromatic heterocycles. The number of nitrogens with one attached hydrogen (secondary N) is 1. The lowest BCUT2D eigenvalue weighted by molar-refractivity contribution is -0.116. The number of amides is 1. The van der Waals surface area contributed by atoms with Gasteiger partial charge in [0.2, 0.25) is 17.6 Å². The van der Waals surface area contributed by atoms with Gasteiger partial charge in [-0.05, 0) is 19.1 Å². The summed E-state index contributed by atoms with van der Waals surface area (Å²) in [7, 11) is 0. The number of hydrogen-bond donors (Lipinski definition) is 1. The zero-order chi connectivity index (χ0) is 17.8. The van der Waals surface area contributed by atoms with Gasteiger partial charge in [0, 0.05) is 18.4 Å². The second-order valence-electron chi connectivity index (χ2n) is 5.52. The Labute approximate surface area is 142 Å². The summed E-state index contributed by atoms with van der Waals surface area (Å²) < 4.78 is 32.1. The van der Waals surface area contributed by atoms with Crippen LogP contribution < -0.4 is 5.32 Å². The van der Waals surface area contributed by atoms with E-state index < -0.39 is 23.2 Å². The monoisotopic (exact) mass is 343 g/mol. The van der Waals surface area contributed by atoms with Crippen LogP contribution in [0.1, 0.15) is 17.9 Å². The van der Waals surface area contributed by atoms with Gasteiger partial charge in [-0.25, -0.2) is 8.78 Å². The lowest BCUT2D eigenvalue weighted by Crippen LogP contribution is -2.14. The molecular formula is C18H15F2N3O2. The smallest absolute Gasteiger partial charge is 0.227 e. The van der Waals surface area contributed by atoms with E-state index in [1.165, 1.54) is 6.07 Å². The molecule has 1 amide bonds. The van der Waals surface area contributed by atoms with Crippen molar-refractivity contribution < 1.29 is 18.1 Å². The van der Waals surface area contributed by atoms with Crippen molar-refractivity contribution in [1.82, 2.24) is 10.1 Å². The number of halogens is 2. The first-order chi connectivity index (χ1) is 12.0. The minimum Gasteiger partial charge on any atom is -0.339 e. The van der Waals surface area contributed by atoms with E-state index in [-0.39, 0.29) is 18.7 Å². The maximum Gasteiger partial charge on any atom is 0.227 e. The maximum absolute atomic E-state index is 13.5. The largest absolute Gasteiger partial charge is 0.339 e. The van der Waals surface area contributed by atoms with Gasteiger partial charge in [0.25, 0.3) is 0 Å². The number of carbonyl (C=O) groups is 1. The van der Waals surface area contributed by atoms with Gasteiger partial charge in [-0.1, -0.05) is 41.1 Å². The summed E-state index contributed by atoms with van der Waals surface area (Å²) >= 11 is 0. The van der Waals surface area contributed by atoms with Crippen LogP contribution in [0.5, 0.6) is 0 Å². The highest BCUT2D eigenvalue weighted by Gasteiger charge is 2.14.